The van der Waals surface area contributed by atoms with Crippen LogP contribution in [0.15, 0.2) is 23.1 Å². The maximum atomic E-state index is 14.9. The lowest BCUT2D eigenvalue weighted by Crippen LogP contribution is -2.64. The zero-order valence-electron chi connectivity index (χ0n) is 28.1. The molecule has 17 nitrogen and oxygen atoms in total. The lowest BCUT2D eigenvalue weighted by molar-refractivity contribution is -0.145. The number of hydrogen-bond acceptors (Lipinski definition) is 11. The van der Waals surface area contributed by atoms with Crippen molar-refractivity contribution in [3.05, 3.63) is 45.6 Å². The number of nitrogens with two attached hydrogens (primary N) is 2. The van der Waals surface area contributed by atoms with Crippen LogP contribution in [0.25, 0.3) is 0 Å². The van der Waals surface area contributed by atoms with Gasteiger partial charge in [-0.3, -0.25) is 28.8 Å². The van der Waals surface area contributed by atoms with Crippen molar-refractivity contribution in [3.63, 3.8) is 0 Å². The summed E-state index contributed by atoms with van der Waals surface area (Å²) in [7, 11) is -3.55. The number of hydrogen-bond donors (Lipinski definition) is 5. The van der Waals surface area contributed by atoms with Crippen LogP contribution in [0.5, 0.6) is 0 Å². The zero-order valence-corrected chi connectivity index (χ0v) is 28.9. The maximum Gasteiger partial charge on any atom is 0.287 e. The minimum Gasteiger partial charge on any atom is -0.384 e. The van der Waals surface area contributed by atoms with Crippen LogP contribution >= 0.6 is 0 Å². The number of aromatic amines is 1. The predicted molar refractivity (Wildman–Crippen MR) is 177 cm³/mol. The quantitative estimate of drug-likeness (QED) is 0.182. The van der Waals surface area contributed by atoms with E-state index in [1.807, 2.05) is 0 Å². The number of Topliss-reactive ketones (excluding diaryl/α,β-unsaturated/α-hetero) is 1. The normalized spacial score (nSPS) is 22.8. The van der Waals surface area contributed by atoms with E-state index in [2.05, 4.69) is 20.6 Å². The first-order valence-corrected chi connectivity index (χ1v) is 18.6. The van der Waals surface area contributed by atoms with E-state index in [0.717, 1.165) is 38.2 Å². The van der Waals surface area contributed by atoms with Crippen molar-refractivity contribution in [2.24, 2.45) is 17.4 Å². The van der Waals surface area contributed by atoms with Crippen LogP contribution in [-0.4, -0.2) is 97.4 Å². The molecule has 7 N–H and O–H groups in total. The standard InChI is InChI=1S/C32H44N8O9S/c1-31(2,47)23-16-35-38-40(23)19-15-22(29(45)37-32(26(42)28(34)44)10-12-50(48,49)13-11-32)39(17-19)30(46)21(14-18-6-4-3-5-7-18)25-20(27(33)43)8-9-24(41)36-25/h8-9,16,18-19,21-22,47H,3-7,10-15,17H2,1-2H3,(H2,33,43)(H2,34,44)(H,36,41)(H,37,45)/t19-,21+,22-/m0/s1. The number of nitrogens with zero attached hydrogens (tertiary/aromatic N) is 4. The second kappa shape index (κ2) is 14.0. The summed E-state index contributed by atoms with van der Waals surface area (Å²) in [6.45, 7) is 2.93. The minimum atomic E-state index is -3.55. The van der Waals surface area contributed by atoms with Gasteiger partial charge >= 0.3 is 0 Å². The number of sulfone groups is 1. The number of ketones is 1. The highest BCUT2D eigenvalue weighted by Gasteiger charge is 2.51. The highest BCUT2D eigenvalue weighted by molar-refractivity contribution is 7.91. The van der Waals surface area contributed by atoms with Gasteiger partial charge < -0.3 is 31.8 Å². The number of pyridine rings is 1. The summed E-state index contributed by atoms with van der Waals surface area (Å²) in [6.07, 6.45) is 5.29. The topological polar surface area (TPSA) is 271 Å². The summed E-state index contributed by atoms with van der Waals surface area (Å²) in [5, 5.41) is 21.5. The molecule has 2 saturated heterocycles. The average molecular weight is 717 g/mol. The van der Waals surface area contributed by atoms with E-state index < -0.39 is 98.3 Å². The first kappa shape index (κ1) is 36.8. The van der Waals surface area contributed by atoms with Crippen molar-refractivity contribution in [2.75, 3.05) is 18.1 Å². The Morgan fingerprint density at radius 1 is 1.10 bits per heavy atom. The van der Waals surface area contributed by atoms with Gasteiger partial charge in [0.2, 0.25) is 29.1 Å². The van der Waals surface area contributed by atoms with Crippen molar-refractivity contribution < 1.29 is 37.5 Å². The minimum absolute atomic E-state index is 0.0268. The van der Waals surface area contributed by atoms with Gasteiger partial charge in [-0.1, -0.05) is 37.3 Å². The molecule has 4 amide bonds. The summed E-state index contributed by atoms with van der Waals surface area (Å²) >= 11 is 0. The van der Waals surface area contributed by atoms with E-state index >= 15 is 0 Å². The first-order valence-electron chi connectivity index (χ1n) is 16.8. The van der Waals surface area contributed by atoms with Gasteiger partial charge in [0, 0.05) is 24.7 Å². The summed E-state index contributed by atoms with van der Waals surface area (Å²) in [5.74, 6) is -6.80. The molecule has 0 spiro atoms. The van der Waals surface area contributed by atoms with Gasteiger partial charge in [0.1, 0.15) is 17.2 Å². The Balaban J connectivity index is 1.58. The molecule has 50 heavy (non-hydrogen) atoms. The molecule has 272 valence electrons. The number of carbonyl (C=O) groups excluding carboxylic acids is 5. The number of aromatic nitrogens is 4. The average Bonchev–Trinajstić information content (AvgIpc) is 3.73. The van der Waals surface area contributed by atoms with E-state index in [1.54, 1.807) is 0 Å². The monoisotopic (exact) mass is 716 g/mol. The number of aliphatic hydroxyl groups is 1. The largest absolute Gasteiger partial charge is 0.384 e. The molecule has 0 aromatic carbocycles. The molecule has 2 aromatic heterocycles. The van der Waals surface area contributed by atoms with Gasteiger partial charge in [-0.05, 0) is 45.1 Å². The third-order valence-corrected chi connectivity index (χ3v) is 11.9. The Bertz CT molecular complexity index is 1830. The number of primary amides is 2. The van der Waals surface area contributed by atoms with E-state index in [9.17, 15) is 42.3 Å². The van der Waals surface area contributed by atoms with Crippen molar-refractivity contribution >= 4 is 39.2 Å². The van der Waals surface area contributed by atoms with Crippen molar-refractivity contribution in [2.45, 2.75) is 101 Å². The third-order valence-electron chi connectivity index (χ3n) is 10.3. The summed E-state index contributed by atoms with van der Waals surface area (Å²) in [5.41, 5.74) is 7.43. The number of rotatable bonds is 11. The lowest BCUT2D eigenvalue weighted by atomic mass is 9.80. The number of nitrogens with one attached hydrogen (secondary N) is 2. The van der Waals surface area contributed by atoms with Crippen LogP contribution in [0.2, 0.25) is 0 Å². The van der Waals surface area contributed by atoms with Crippen LogP contribution in [0.1, 0.15) is 105 Å². The Kier molecular flexibility index (Phi) is 10.3. The van der Waals surface area contributed by atoms with Crippen LogP contribution in [0, 0.1) is 5.92 Å². The second-order valence-corrected chi connectivity index (χ2v) is 16.5. The number of likely N-dealkylation sites (tertiary alicyclic amines) is 1. The highest BCUT2D eigenvalue weighted by atomic mass is 32.2. The smallest absolute Gasteiger partial charge is 0.287 e. The van der Waals surface area contributed by atoms with Gasteiger partial charge in [0.05, 0.1) is 40.9 Å². The maximum absolute atomic E-state index is 14.9. The second-order valence-electron chi connectivity index (χ2n) is 14.2. The van der Waals surface area contributed by atoms with Gasteiger partial charge in [-0.15, -0.1) is 5.10 Å². The van der Waals surface area contributed by atoms with Crippen molar-refractivity contribution in [3.8, 4) is 0 Å². The predicted octanol–water partition coefficient (Wildman–Crippen LogP) is -0.693. The molecule has 0 bridgehead atoms. The van der Waals surface area contributed by atoms with E-state index in [1.165, 1.54) is 35.7 Å². The Labute approximate surface area is 288 Å². The van der Waals surface area contributed by atoms with Crippen LogP contribution in [-0.2, 0) is 34.6 Å². The molecule has 0 unspecified atom stereocenters. The highest BCUT2D eigenvalue weighted by Crippen LogP contribution is 2.38. The molecular formula is C32H44N8O9S. The molecule has 4 heterocycles. The molecule has 1 aliphatic carbocycles. The molecule has 2 aliphatic heterocycles. The van der Waals surface area contributed by atoms with Crippen LogP contribution in [0.3, 0.4) is 0 Å². The van der Waals surface area contributed by atoms with Crippen molar-refractivity contribution in [1.82, 2.24) is 30.2 Å². The van der Waals surface area contributed by atoms with Crippen molar-refractivity contribution in [1.29, 1.82) is 0 Å². The molecule has 3 atom stereocenters. The van der Waals surface area contributed by atoms with Gasteiger partial charge in [-0.25, -0.2) is 13.1 Å². The van der Waals surface area contributed by atoms with E-state index in [4.69, 9.17) is 11.5 Å². The van der Waals surface area contributed by atoms with Gasteiger partial charge in [0.15, 0.2) is 9.84 Å². The fourth-order valence-corrected chi connectivity index (χ4v) is 9.09. The molecule has 18 heteroatoms. The summed E-state index contributed by atoms with van der Waals surface area (Å²) in [6, 6.07) is 0.379. The lowest BCUT2D eigenvalue weighted by Gasteiger charge is -2.37. The number of amides is 4. The van der Waals surface area contributed by atoms with E-state index in [-0.39, 0.29) is 36.6 Å². The van der Waals surface area contributed by atoms with Crippen LogP contribution < -0.4 is 22.3 Å². The molecule has 2 aromatic rings. The van der Waals surface area contributed by atoms with E-state index in [0.29, 0.717) is 5.69 Å². The molecule has 3 aliphatic rings. The Hall–Kier alpha value is -4.45. The summed E-state index contributed by atoms with van der Waals surface area (Å²) < 4.78 is 26.0. The zero-order chi connectivity index (χ0) is 36.6. The third kappa shape index (κ3) is 7.65. The number of H-pyrrole nitrogens is 1. The Morgan fingerprint density at radius 3 is 2.36 bits per heavy atom. The molecule has 1 saturated carbocycles. The Morgan fingerprint density at radius 2 is 1.76 bits per heavy atom. The molecular weight excluding hydrogens is 672 g/mol. The fourth-order valence-electron chi connectivity index (χ4n) is 7.56. The first-order chi connectivity index (χ1) is 23.4. The summed E-state index contributed by atoms with van der Waals surface area (Å²) in [4.78, 5) is 83.6. The fraction of sp³-hybridized carbons (Fsp3) is 0.625. The molecule has 3 fully saturated rings. The number of carbonyl (C=O) groups is 5. The van der Waals surface area contributed by atoms with Crippen LogP contribution in [0.4, 0.5) is 0 Å². The molecule has 0 radical (unpaired) electrons. The van der Waals surface area contributed by atoms with Gasteiger partial charge in [0.25, 0.3) is 5.91 Å². The molecule has 5 rings (SSSR count). The van der Waals surface area contributed by atoms with Gasteiger partial charge in [-0.2, -0.15) is 0 Å². The SMILES string of the molecule is CC(C)(O)c1cnnn1[C@H]1C[C@@H](C(=O)NC2(C(=O)C(N)=O)CCS(=O)(=O)CC2)N(C(=O)[C@H](CC2CCCCC2)c2[nH]c(=O)ccc2C(N)=O)C1.